The van der Waals surface area contributed by atoms with Gasteiger partial charge in [-0.1, -0.05) is 24.9 Å². The summed E-state index contributed by atoms with van der Waals surface area (Å²) in [5.74, 6) is 1.17. The minimum absolute atomic E-state index is 0. The third-order valence-corrected chi connectivity index (χ3v) is 2.98. The van der Waals surface area contributed by atoms with E-state index < -0.39 is 0 Å². The van der Waals surface area contributed by atoms with Crippen molar-refractivity contribution in [2.24, 2.45) is 5.73 Å². The van der Waals surface area contributed by atoms with Gasteiger partial charge in [-0.3, -0.25) is 0 Å². The van der Waals surface area contributed by atoms with Crippen LogP contribution in [0.2, 0.25) is 0 Å². The summed E-state index contributed by atoms with van der Waals surface area (Å²) in [6.45, 7) is 3.16. The molecule has 2 rings (SSSR count). The first-order valence-corrected chi connectivity index (χ1v) is 5.94. The third kappa shape index (κ3) is 3.40. The quantitative estimate of drug-likeness (QED) is 0.822. The molecule has 2 N–H and O–H groups in total. The van der Waals surface area contributed by atoms with Crippen LogP contribution >= 0.6 is 12.4 Å². The van der Waals surface area contributed by atoms with E-state index in [0.29, 0.717) is 24.9 Å². The molecule has 0 aromatic carbocycles. The first-order chi connectivity index (χ1) is 7.74. The van der Waals surface area contributed by atoms with Crippen molar-refractivity contribution in [2.45, 2.75) is 51.2 Å². The Hall–Kier alpha value is -0.650. The topological polar surface area (TPSA) is 74.2 Å². The van der Waals surface area contributed by atoms with Crippen molar-refractivity contribution in [3.63, 3.8) is 0 Å². The molecule has 1 aromatic rings. The molecule has 0 atom stereocenters. The molecule has 98 valence electrons. The second-order valence-corrected chi connectivity index (χ2v) is 4.43. The molecule has 0 saturated heterocycles. The highest BCUT2D eigenvalue weighted by atomic mass is 35.5. The second-order valence-electron chi connectivity index (χ2n) is 4.43. The predicted octanol–water partition coefficient (Wildman–Crippen LogP) is 2.15. The number of nitrogens with zero attached hydrogens (tertiary/aromatic N) is 2. The maximum absolute atomic E-state index is 6.22. The Bertz CT molecular complexity index is 337. The molecule has 0 unspecified atom stereocenters. The standard InChI is InChI=1S/C11H19N3O2.ClH/c1-2-7-15-8-9-13-10(14-16-9)11(12)5-3-4-6-11;/h2-8,12H2,1H3;1H. The van der Waals surface area contributed by atoms with Crippen molar-refractivity contribution in [2.75, 3.05) is 6.61 Å². The number of hydrogen-bond acceptors (Lipinski definition) is 5. The molecule has 5 nitrogen and oxygen atoms in total. The molecule has 0 spiro atoms. The molecule has 1 aliphatic carbocycles. The average molecular weight is 262 g/mol. The number of hydrogen-bond donors (Lipinski definition) is 1. The van der Waals surface area contributed by atoms with E-state index in [1.54, 1.807) is 0 Å². The number of halogens is 1. The van der Waals surface area contributed by atoms with Crippen molar-refractivity contribution in [1.29, 1.82) is 0 Å². The number of ether oxygens (including phenoxy) is 1. The minimum atomic E-state index is -0.369. The van der Waals surface area contributed by atoms with Crippen LogP contribution in [0.4, 0.5) is 0 Å². The average Bonchev–Trinajstić information content (AvgIpc) is 2.88. The Kier molecular flexibility index (Phi) is 5.36. The summed E-state index contributed by atoms with van der Waals surface area (Å²) in [7, 11) is 0. The molecule has 1 aliphatic rings. The molecule has 1 saturated carbocycles. The molecule has 0 bridgehead atoms. The fourth-order valence-electron chi connectivity index (χ4n) is 2.05. The summed E-state index contributed by atoms with van der Waals surface area (Å²) in [5, 5.41) is 3.96. The molecule has 1 heterocycles. The lowest BCUT2D eigenvalue weighted by atomic mass is 9.99. The lowest BCUT2D eigenvalue weighted by Crippen LogP contribution is -2.34. The van der Waals surface area contributed by atoms with Gasteiger partial charge in [0.25, 0.3) is 5.89 Å². The Morgan fingerprint density at radius 3 is 2.76 bits per heavy atom. The van der Waals surface area contributed by atoms with Crippen LogP contribution in [-0.4, -0.2) is 16.7 Å². The Labute approximate surface area is 108 Å². The maximum atomic E-state index is 6.22. The van der Waals surface area contributed by atoms with Gasteiger partial charge in [0.15, 0.2) is 5.82 Å². The SMILES string of the molecule is CCCOCc1nc(C2(N)CCCC2)no1.Cl. The molecular formula is C11H20ClN3O2. The van der Waals surface area contributed by atoms with E-state index in [1.807, 2.05) is 0 Å². The van der Waals surface area contributed by atoms with Crippen LogP contribution in [0.15, 0.2) is 4.52 Å². The summed E-state index contributed by atoms with van der Waals surface area (Å²) in [6.07, 6.45) is 5.17. The summed E-state index contributed by atoms with van der Waals surface area (Å²) in [4.78, 5) is 4.31. The van der Waals surface area contributed by atoms with E-state index in [4.69, 9.17) is 15.0 Å². The first-order valence-electron chi connectivity index (χ1n) is 5.94. The monoisotopic (exact) mass is 261 g/mol. The lowest BCUT2D eigenvalue weighted by Gasteiger charge is -2.17. The third-order valence-electron chi connectivity index (χ3n) is 2.98. The van der Waals surface area contributed by atoms with Gasteiger partial charge in [-0.2, -0.15) is 4.98 Å². The Balaban J connectivity index is 0.00000144. The van der Waals surface area contributed by atoms with E-state index >= 15 is 0 Å². The highest BCUT2D eigenvalue weighted by Gasteiger charge is 2.35. The predicted molar refractivity (Wildman–Crippen MR) is 65.8 cm³/mol. The Morgan fingerprint density at radius 1 is 1.41 bits per heavy atom. The number of rotatable bonds is 5. The summed E-state index contributed by atoms with van der Waals surface area (Å²) < 4.78 is 10.5. The molecule has 6 heteroatoms. The molecule has 0 aliphatic heterocycles. The molecule has 1 aromatic heterocycles. The van der Waals surface area contributed by atoms with Crippen molar-refractivity contribution in [1.82, 2.24) is 10.1 Å². The smallest absolute Gasteiger partial charge is 0.252 e. The zero-order chi connectivity index (χ0) is 11.4. The first kappa shape index (κ1) is 14.4. The van der Waals surface area contributed by atoms with Crippen molar-refractivity contribution in [3.05, 3.63) is 11.7 Å². The van der Waals surface area contributed by atoms with Gasteiger partial charge in [-0.05, 0) is 19.3 Å². The van der Waals surface area contributed by atoms with Crippen molar-refractivity contribution in [3.8, 4) is 0 Å². The number of aromatic nitrogens is 2. The van der Waals surface area contributed by atoms with E-state index in [1.165, 1.54) is 0 Å². The van der Waals surface area contributed by atoms with Crippen LogP contribution < -0.4 is 5.73 Å². The zero-order valence-corrected chi connectivity index (χ0v) is 11.0. The maximum Gasteiger partial charge on any atom is 0.252 e. The second kappa shape index (κ2) is 6.33. The fourth-order valence-corrected chi connectivity index (χ4v) is 2.05. The molecule has 0 amide bonds. The lowest BCUT2D eigenvalue weighted by molar-refractivity contribution is 0.0981. The van der Waals surface area contributed by atoms with E-state index in [2.05, 4.69) is 17.1 Å². The molecule has 17 heavy (non-hydrogen) atoms. The molecule has 0 radical (unpaired) electrons. The van der Waals surface area contributed by atoms with E-state index in [0.717, 1.165) is 32.1 Å². The zero-order valence-electron chi connectivity index (χ0n) is 10.1. The van der Waals surface area contributed by atoms with Gasteiger partial charge in [-0.25, -0.2) is 0 Å². The highest BCUT2D eigenvalue weighted by Crippen LogP contribution is 2.34. The van der Waals surface area contributed by atoms with Gasteiger partial charge in [0, 0.05) is 6.61 Å². The highest BCUT2D eigenvalue weighted by molar-refractivity contribution is 5.85. The van der Waals surface area contributed by atoms with E-state index in [9.17, 15) is 0 Å². The van der Waals surface area contributed by atoms with Crippen LogP contribution in [0.5, 0.6) is 0 Å². The minimum Gasteiger partial charge on any atom is -0.372 e. The largest absolute Gasteiger partial charge is 0.372 e. The normalized spacial score (nSPS) is 18.0. The molecule has 1 fully saturated rings. The van der Waals surface area contributed by atoms with Gasteiger partial charge < -0.3 is 15.0 Å². The van der Waals surface area contributed by atoms with Gasteiger partial charge in [0.1, 0.15) is 6.61 Å². The summed E-state index contributed by atoms with van der Waals surface area (Å²) in [6, 6.07) is 0. The van der Waals surface area contributed by atoms with Gasteiger partial charge in [-0.15, -0.1) is 12.4 Å². The van der Waals surface area contributed by atoms with Crippen LogP contribution in [0.3, 0.4) is 0 Å². The number of nitrogens with two attached hydrogens (primary N) is 1. The van der Waals surface area contributed by atoms with Crippen molar-refractivity contribution < 1.29 is 9.26 Å². The Morgan fingerprint density at radius 2 is 2.12 bits per heavy atom. The van der Waals surface area contributed by atoms with Crippen LogP contribution in [0.1, 0.15) is 50.7 Å². The van der Waals surface area contributed by atoms with Crippen LogP contribution in [0.25, 0.3) is 0 Å². The van der Waals surface area contributed by atoms with E-state index in [-0.39, 0.29) is 17.9 Å². The van der Waals surface area contributed by atoms with Gasteiger partial charge >= 0.3 is 0 Å². The van der Waals surface area contributed by atoms with Crippen LogP contribution in [-0.2, 0) is 16.9 Å². The van der Waals surface area contributed by atoms with Gasteiger partial charge in [0.05, 0.1) is 5.54 Å². The van der Waals surface area contributed by atoms with Gasteiger partial charge in [0.2, 0.25) is 0 Å². The van der Waals surface area contributed by atoms with Crippen molar-refractivity contribution >= 4 is 12.4 Å². The summed E-state index contributed by atoms with van der Waals surface area (Å²) >= 11 is 0. The molecular weight excluding hydrogens is 242 g/mol. The fraction of sp³-hybridized carbons (Fsp3) is 0.818. The summed E-state index contributed by atoms with van der Waals surface area (Å²) in [5.41, 5.74) is 5.85. The van der Waals surface area contributed by atoms with Crippen LogP contribution in [0, 0.1) is 0 Å².